The number of benzene rings is 2. The minimum absolute atomic E-state index is 0.0114. The van der Waals surface area contributed by atoms with Gasteiger partial charge in [-0.1, -0.05) is 41.9 Å². The van der Waals surface area contributed by atoms with Crippen molar-refractivity contribution in [1.29, 1.82) is 0 Å². The molecule has 0 aromatic heterocycles. The quantitative estimate of drug-likeness (QED) is 0.820. The second kappa shape index (κ2) is 6.96. The van der Waals surface area contributed by atoms with Crippen molar-refractivity contribution in [2.24, 2.45) is 0 Å². The molecule has 0 atom stereocenters. The minimum atomic E-state index is -0.0114. The Hall–Kier alpha value is -2.00. The van der Waals surface area contributed by atoms with E-state index in [1.807, 2.05) is 18.2 Å². The molecule has 104 valence electrons. The molecule has 0 spiro atoms. The molecule has 0 aliphatic carbocycles. The Labute approximate surface area is 123 Å². The molecular formula is C16H17ClN2O. The Balaban J connectivity index is 1.79. The van der Waals surface area contributed by atoms with Crippen molar-refractivity contribution in [3.63, 3.8) is 0 Å². The highest BCUT2D eigenvalue weighted by Crippen LogP contribution is 2.22. The van der Waals surface area contributed by atoms with E-state index >= 15 is 0 Å². The van der Waals surface area contributed by atoms with Crippen molar-refractivity contribution in [2.45, 2.75) is 19.3 Å². The summed E-state index contributed by atoms with van der Waals surface area (Å²) in [6.45, 7) is 0. The van der Waals surface area contributed by atoms with Crippen LogP contribution in [0.5, 0.6) is 0 Å². The lowest BCUT2D eigenvalue weighted by Crippen LogP contribution is -2.11. The molecule has 3 nitrogen and oxygen atoms in total. The predicted molar refractivity (Wildman–Crippen MR) is 83.9 cm³/mol. The third kappa shape index (κ3) is 4.28. The molecule has 3 N–H and O–H groups in total. The number of carbonyl (C=O) groups is 1. The SMILES string of the molecule is Nc1cc(NC(=O)CCCc2ccccc2)ccc1Cl. The minimum Gasteiger partial charge on any atom is -0.397 e. The molecule has 2 aromatic rings. The number of anilines is 2. The summed E-state index contributed by atoms with van der Waals surface area (Å²) in [6.07, 6.45) is 2.20. The third-order valence-corrected chi connectivity index (χ3v) is 3.34. The summed E-state index contributed by atoms with van der Waals surface area (Å²) in [7, 11) is 0. The van der Waals surface area contributed by atoms with Crippen molar-refractivity contribution in [3.05, 3.63) is 59.1 Å². The molecule has 0 fully saturated rings. The maximum Gasteiger partial charge on any atom is 0.224 e. The molecular weight excluding hydrogens is 272 g/mol. The Bertz CT molecular complexity index is 584. The van der Waals surface area contributed by atoms with Crippen LogP contribution < -0.4 is 11.1 Å². The van der Waals surface area contributed by atoms with E-state index in [1.54, 1.807) is 18.2 Å². The molecule has 0 aliphatic rings. The maximum absolute atomic E-state index is 11.8. The fourth-order valence-corrected chi connectivity index (χ4v) is 2.06. The number of nitrogens with two attached hydrogens (primary N) is 1. The van der Waals surface area contributed by atoms with E-state index in [0.29, 0.717) is 22.8 Å². The van der Waals surface area contributed by atoms with E-state index in [4.69, 9.17) is 17.3 Å². The van der Waals surface area contributed by atoms with Crippen LogP contribution in [0, 0.1) is 0 Å². The Morgan fingerprint density at radius 1 is 1.15 bits per heavy atom. The van der Waals surface area contributed by atoms with Gasteiger partial charge in [-0.15, -0.1) is 0 Å². The van der Waals surface area contributed by atoms with Crippen LogP contribution >= 0.6 is 11.6 Å². The van der Waals surface area contributed by atoms with Gasteiger partial charge in [0.15, 0.2) is 0 Å². The van der Waals surface area contributed by atoms with Gasteiger partial charge in [-0.05, 0) is 36.6 Å². The van der Waals surface area contributed by atoms with Gasteiger partial charge in [0.2, 0.25) is 5.91 Å². The van der Waals surface area contributed by atoms with Gasteiger partial charge in [0.25, 0.3) is 0 Å². The maximum atomic E-state index is 11.8. The van der Waals surface area contributed by atoms with Gasteiger partial charge in [-0.2, -0.15) is 0 Å². The zero-order valence-electron chi connectivity index (χ0n) is 11.1. The van der Waals surface area contributed by atoms with E-state index in [0.717, 1.165) is 12.8 Å². The van der Waals surface area contributed by atoms with Gasteiger partial charge in [-0.3, -0.25) is 4.79 Å². The summed E-state index contributed by atoms with van der Waals surface area (Å²) in [5.74, 6) is -0.0114. The Kier molecular flexibility index (Phi) is 5.02. The van der Waals surface area contributed by atoms with Crippen molar-refractivity contribution >= 4 is 28.9 Å². The van der Waals surface area contributed by atoms with E-state index in [1.165, 1.54) is 5.56 Å². The molecule has 0 heterocycles. The molecule has 1 amide bonds. The summed E-state index contributed by atoms with van der Waals surface area (Å²) in [4.78, 5) is 11.8. The highest BCUT2D eigenvalue weighted by atomic mass is 35.5. The molecule has 2 rings (SSSR count). The van der Waals surface area contributed by atoms with Crippen LogP contribution in [-0.4, -0.2) is 5.91 Å². The lowest BCUT2D eigenvalue weighted by molar-refractivity contribution is -0.116. The lowest BCUT2D eigenvalue weighted by atomic mass is 10.1. The van der Waals surface area contributed by atoms with E-state index in [-0.39, 0.29) is 5.91 Å². The summed E-state index contributed by atoms with van der Waals surface area (Å²) in [5.41, 5.74) is 8.08. The molecule has 2 aromatic carbocycles. The lowest BCUT2D eigenvalue weighted by Gasteiger charge is -2.07. The molecule has 0 radical (unpaired) electrons. The van der Waals surface area contributed by atoms with Gasteiger partial charge in [0, 0.05) is 12.1 Å². The van der Waals surface area contributed by atoms with Crippen LogP contribution in [0.15, 0.2) is 48.5 Å². The summed E-state index contributed by atoms with van der Waals surface area (Å²) >= 11 is 5.83. The fraction of sp³-hybridized carbons (Fsp3) is 0.188. The normalized spacial score (nSPS) is 10.2. The number of hydrogen-bond donors (Lipinski definition) is 2. The zero-order valence-corrected chi connectivity index (χ0v) is 11.9. The summed E-state index contributed by atoms with van der Waals surface area (Å²) in [6, 6.07) is 15.2. The van der Waals surface area contributed by atoms with Crippen LogP contribution in [0.1, 0.15) is 18.4 Å². The van der Waals surface area contributed by atoms with Gasteiger partial charge < -0.3 is 11.1 Å². The van der Waals surface area contributed by atoms with E-state index in [2.05, 4.69) is 17.4 Å². The first-order chi connectivity index (χ1) is 9.65. The highest BCUT2D eigenvalue weighted by molar-refractivity contribution is 6.33. The van der Waals surface area contributed by atoms with E-state index < -0.39 is 0 Å². The third-order valence-electron chi connectivity index (χ3n) is 2.99. The van der Waals surface area contributed by atoms with Crippen LogP contribution in [0.4, 0.5) is 11.4 Å². The number of aryl methyl sites for hydroxylation is 1. The smallest absolute Gasteiger partial charge is 0.224 e. The predicted octanol–water partition coefficient (Wildman–Crippen LogP) is 3.88. The van der Waals surface area contributed by atoms with Gasteiger partial charge in [-0.25, -0.2) is 0 Å². The Morgan fingerprint density at radius 2 is 1.90 bits per heavy atom. The highest BCUT2D eigenvalue weighted by Gasteiger charge is 2.04. The molecule has 0 unspecified atom stereocenters. The number of rotatable bonds is 5. The number of halogens is 1. The number of amides is 1. The average Bonchev–Trinajstić information content (AvgIpc) is 2.44. The Morgan fingerprint density at radius 3 is 2.60 bits per heavy atom. The van der Waals surface area contributed by atoms with Crippen LogP contribution in [0.3, 0.4) is 0 Å². The van der Waals surface area contributed by atoms with Crippen LogP contribution in [0.2, 0.25) is 5.02 Å². The molecule has 0 saturated carbocycles. The molecule has 0 saturated heterocycles. The second-order valence-corrected chi connectivity index (χ2v) is 5.03. The van der Waals surface area contributed by atoms with Crippen molar-refractivity contribution in [2.75, 3.05) is 11.1 Å². The largest absolute Gasteiger partial charge is 0.397 e. The first kappa shape index (κ1) is 14.4. The second-order valence-electron chi connectivity index (χ2n) is 4.62. The molecule has 0 aliphatic heterocycles. The molecule has 20 heavy (non-hydrogen) atoms. The summed E-state index contributed by atoms with van der Waals surface area (Å²) < 4.78 is 0. The number of nitrogen functional groups attached to an aromatic ring is 1. The van der Waals surface area contributed by atoms with Crippen molar-refractivity contribution in [3.8, 4) is 0 Å². The van der Waals surface area contributed by atoms with Gasteiger partial charge in [0.1, 0.15) is 0 Å². The first-order valence-electron chi connectivity index (χ1n) is 6.54. The van der Waals surface area contributed by atoms with Gasteiger partial charge >= 0.3 is 0 Å². The van der Waals surface area contributed by atoms with Crippen molar-refractivity contribution < 1.29 is 4.79 Å². The molecule has 4 heteroatoms. The zero-order chi connectivity index (χ0) is 14.4. The monoisotopic (exact) mass is 288 g/mol. The topological polar surface area (TPSA) is 55.1 Å². The van der Waals surface area contributed by atoms with Crippen molar-refractivity contribution in [1.82, 2.24) is 0 Å². The standard InChI is InChI=1S/C16H17ClN2O/c17-14-10-9-13(11-15(14)18)19-16(20)8-4-7-12-5-2-1-3-6-12/h1-3,5-6,9-11H,4,7-8,18H2,(H,19,20). The van der Waals surface area contributed by atoms with Gasteiger partial charge in [0.05, 0.1) is 10.7 Å². The number of hydrogen-bond acceptors (Lipinski definition) is 2. The average molecular weight is 289 g/mol. The first-order valence-corrected chi connectivity index (χ1v) is 6.92. The number of carbonyl (C=O) groups excluding carboxylic acids is 1. The van der Waals surface area contributed by atoms with Crippen LogP contribution in [-0.2, 0) is 11.2 Å². The summed E-state index contributed by atoms with van der Waals surface area (Å²) in [5, 5.41) is 3.31. The molecule has 0 bridgehead atoms. The fourth-order valence-electron chi connectivity index (χ4n) is 1.94. The van der Waals surface area contributed by atoms with E-state index in [9.17, 15) is 4.79 Å². The van der Waals surface area contributed by atoms with Crippen LogP contribution in [0.25, 0.3) is 0 Å². The number of nitrogens with one attached hydrogen (secondary N) is 1.